The van der Waals surface area contributed by atoms with Gasteiger partial charge in [0.05, 0.1) is 0 Å². The third-order valence-corrected chi connectivity index (χ3v) is 4.50. The second-order valence-corrected chi connectivity index (χ2v) is 6.41. The van der Waals surface area contributed by atoms with Gasteiger partial charge in [-0.25, -0.2) is 0 Å². The van der Waals surface area contributed by atoms with Crippen LogP contribution in [-0.2, 0) is 6.54 Å². The number of carbonyl (C=O) groups excluding carboxylic acids is 1. The third-order valence-electron chi connectivity index (χ3n) is 4.50. The van der Waals surface area contributed by atoms with E-state index < -0.39 is 0 Å². The van der Waals surface area contributed by atoms with E-state index in [4.69, 9.17) is 5.73 Å². The largest absolute Gasteiger partial charge is 0.350 e. The number of hydrogen-bond donors (Lipinski definition) is 2. The Bertz CT molecular complexity index is 676. The predicted molar refractivity (Wildman–Crippen MR) is 111 cm³/mol. The number of nitrogens with zero attached hydrogens (tertiary/aromatic N) is 1. The zero-order valence-corrected chi connectivity index (χ0v) is 16.4. The predicted octanol–water partition coefficient (Wildman–Crippen LogP) is 3.56. The normalized spacial score (nSPS) is 14.8. The highest BCUT2D eigenvalue weighted by Gasteiger charge is 2.13. The molecule has 0 aromatic heterocycles. The summed E-state index contributed by atoms with van der Waals surface area (Å²) in [7, 11) is 0. The van der Waals surface area contributed by atoms with Gasteiger partial charge in [-0.1, -0.05) is 42.5 Å². The molecule has 26 heavy (non-hydrogen) atoms. The second-order valence-electron chi connectivity index (χ2n) is 6.41. The number of nitrogens with two attached hydrogens (primary N) is 1. The quantitative estimate of drug-likeness (QED) is 0.785. The number of rotatable bonds is 6. The van der Waals surface area contributed by atoms with Crippen LogP contribution in [-0.4, -0.2) is 30.4 Å². The lowest BCUT2D eigenvalue weighted by atomic mass is 10.1. The molecule has 2 aromatic carbocycles. The molecule has 1 heterocycles. The summed E-state index contributed by atoms with van der Waals surface area (Å²) >= 11 is 0. The van der Waals surface area contributed by atoms with Crippen LogP contribution in [0.15, 0.2) is 54.6 Å². The van der Waals surface area contributed by atoms with Gasteiger partial charge in [-0.3, -0.25) is 9.69 Å². The van der Waals surface area contributed by atoms with Gasteiger partial charge < -0.3 is 11.1 Å². The van der Waals surface area contributed by atoms with E-state index in [9.17, 15) is 4.79 Å². The van der Waals surface area contributed by atoms with Gasteiger partial charge in [0.25, 0.3) is 5.91 Å². The average Bonchev–Trinajstić information content (AvgIpc) is 3.13. The molecule has 142 valence electrons. The van der Waals surface area contributed by atoms with E-state index >= 15 is 0 Å². The molecule has 1 fully saturated rings. The first kappa shape index (κ1) is 22.5. The molecular weight excluding hydrogens is 369 g/mol. The van der Waals surface area contributed by atoms with Gasteiger partial charge in [-0.15, -0.1) is 24.8 Å². The molecule has 2 aromatic rings. The first-order valence-electron chi connectivity index (χ1n) is 8.62. The van der Waals surface area contributed by atoms with Crippen LogP contribution in [0.3, 0.4) is 0 Å². The van der Waals surface area contributed by atoms with Crippen LogP contribution in [0.4, 0.5) is 0 Å². The molecule has 4 nitrogen and oxygen atoms in total. The lowest BCUT2D eigenvalue weighted by Crippen LogP contribution is -2.32. The maximum absolute atomic E-state index is 12.4. The van der Waals surface area contributed by atoms with Crippen LogP contribution in [0.25, 0.3) is 0 Å². The number of nitrogens with one attached hydrogen (secondary N) is 1. The summed E-state index contributed by atoms with van der Waals surface area (Å²) in [6.45, 7) is 3.66. The summed E-state index contributed by atoms with van der Waals surface area (Å²) in [4.78, 5) is 14.8. The smallest absolute Gasteiger partial charge is 0.251 e. The fourth-order valence-corrected chi connectivity index (χ4v) is 3.13. The third kappa shape index (κ3) is 6.29. The van der Waals surface area contributed by atoms with Crippen LogP contribution in [0, 0.1) is 0 Å². The lowest BCUT2D eigenvalue weighted by Gasteiger charge is -2.16. The van der Waals surface area contributed by atoms with Crippen molar-refractivity contribution in [1.82, 2.24) is 10.2 Å². The van der Waals surface area contributed by atoms with Gasteiger partial charge in [-0.2, -0.15) is 0 Å². The molecule has 1 unspecified atom stereocenters. The zero-order chi connectivity index (χ0) is 16.8. The van der Waals surface area contributed by atoms with Gasteiger partial charge in [0, 0.05) is 24.7 Å². The summed E-state index contributed by atoms with van der Waals surface area (Å²) in [6.07, 6.45) is 2.55. The number of halogens is 2. The topological polar surface area (TPSA) is 58.4 Å². The average molecular weight is 396 g/mol. The monoisotopic (exact) mass is 395 g/mol. The Kier molecular flexibility index (Phi) is 9.66. The van der Waals surface area contributed by atoms with Crippen molar-refractivity contribution in [1.29, 1.82) is 0 Å². The van der Waals surface area contributed by atoms with Gasteiger partial charge >= 0.3 is 0 Å². The maximum Gasteiger partial charge on any atom is 0.251 e. The van der Waals surface area contributed by atoms with Crippen molar-refractivity contribution in [3.8, 4) is 0 Å². The molecule has 1 amide bonds. The van der Waals surface area contributed by atoms with E-state index in [1.54, 1.807) is 0 Å². The number of amides is 1. The Morgan fingerprint density at radius 1 is 1.04 bits per heavy atom. The first-order chi connectivity index (χ1) is 11.7. The van der Waals surface area contributed by atoms with E-state index in [0.29, 0.717) is 12.1 Å². The van der Waals surface area contributed by atoms with E-state index in [1.165, 1.54) is 18.4 Å². The molecule has 6 heteroatoms. The molecule has 0 radical (unpaired) electrons. The molecule has 1 aliphatic rings. The molecule has 0 bridgehead atoms. The minimum atomic E-state index is -0.192. The molecule has 1 atom stereocenters. The Morgan fingerprint density at radius 3 is 2.42 bits per heavy atom. The van der Waals surface area contributed by atoms with Crippen LogP contribution in [0.2, 0.25) is 0 Å². The maximum atomic E-state index is 12.4. The van der Waals surface area contributed by atoms with Crippen LogP contribution < -0.4 is 11.1 Å². The molecule has 3 N–H and O–H groups in total. The van der Waals surface area contributed by atoms with Crippen molar-refractivity contribution >= 4 is 30.7 Å². The van der Waals surface area contributed by atoms with E-state index in [-0.39, 0.29) is 36.8 Å². The Hall–Kier alpha value is -1.59. The molecule has 1 saturated heterocycles. The van der Waals surface area contributed by atoms with Crippen molar-refractivity contribution in [3.63, 3.8) is 0 Å². The summed E-state index contributed by atoms with van der Waals surface area (Å²) in [5.74, 6) is -0.0651. The van der Waals surface area contributed by atoms with Crippen LogP contribution >= 0.6 is 24.8 Å². The van der Waals surface area contributed by atoms with E-state index in [2.05, 4.69) is 16.3 Å². The highest BCUT2D eigenvalue weighted by molar-refractivity contribution is 5.94. The Labute approximate surface area is 168 Å². The lowest BCUT2D eigenvalue weighted by molar-refractivity contribution is 0.0951. The highest BCUT2D eigenvalue weighted by Crippen LogP contribution is 2.14. The molecule has 0 aliphatic carbocycles. The zero-order valence-electron chi connectivity index (χ0n) is 14.8. The minimum absolute atomic E-state index is 0. The molecule has 0 spiro atoms. The van der Waals surface area contributed by atoms with Crippen molar-refractivity contribution in [2.75, 3.05) is 19.6 Å². The second kappa shape index (κ2) is 11.2. The summed E-state index contributed by atoms with van der Waals surface area (Å²) < 4.78 is 0. The summed E-state index contributed by atoms with van der Waals surface area (Å²) in [5, 5.41) is 2.94. The highest BCUT2D eigenvalue weighted by atomic mass is 35.5. The van der Waals surface area contributed by atoms with Crippen LogP contribution in [0.1, 0.15) is 40.4 Å². The van der Waals surface area contributed by atoms with Crippen LogP contribution in [0.5, 0.6) is 0 Å². The van der Waals surface area contributed by atoms with Crippen molar-refractivity contribution in [2.45, 2.75) is 25.4 Å². The Morgan fingerprint density at radius 2 is 1.73 bits per heavy atom. The van der Waals surface area contributed by atoms with E-state index in [1.807, 2.05) is 48.5 Å². The van der Waals surface area contributed by atoms with Crippen molar-refractivity contribution < 1.29 is 4.79 Å². The van der Waals surface area contributed by atoms with Gasteiger partial charge in [0.1, 0.15) is 0 Å². The van der Waals surface area contributed by atoms with Gasteiger partial charge in [0.15, 0.2) is 0 Å². The minimum Gasteiger partial charge on any atom is -0.350 e. The summed E-state index contributed by atoms with van der Waals surface area (Å²) in [5.41, 5.74) is 9.06. The summed E-state index contributed by atoms with van der Waals surface area (Å²) in [6, 6.07) is 17.5. The molecule has 0 saturated carbocycles. The van der Waals surface area contributed by atoms with Crippen molar-refractivity contribution in [3.05, 3.63) is 71.3 Å². The number of likely N-dealkylation sites (tertiary alicyclic amines) is 1. The van der Waals surface area contributed by atoms with Crippen molar-refractivity contribution in [2.24, 2.45) is 5.73 Å². The van der Waals surface area contributed by atoms with Gasteiger partial charge in [0.2, 0.25) is 0 Å². The number of benzene rings is 2. The fraction of sp³-hybridized carbons (Fsp3) is 0.350. The SMILES string of the molecule is Cl.Cl.NC(CNC(=O)c1cccc(CN2CCCC2)c1)c1ccccc1. The van der Waals surface area contributed by atoms with Gasteiger partial charge in [-0.05, 0) is 49.2 Å². The fourth-order valence-electron chi connectivity index (χ4n) is 3.13. The molecular formula is C20H27Cl2N3O. The Balaban J connectivity index is 0.00000169. The standard InChI is InChI=1S/C20H25N3O.2ClH/c21-19(17-8-2-1-3-9-17)14-22-20(24)18-10-6-7-16(13-18)15-23-11-4-5-12-23;;/h1-3,6-10,13,19H,4-5,11-12,14-15,21H2,(H,22,24);2*1H. The number of hydrogen-bond acceptors (Lipinski definition) is 3. The van der Waals surface area contributed by atoms with E-state index in [0.717, 1.165) is 25.2 Å². The molecule has 3 rings (SSSR count). The molecule has 1 aliphatic heterocycles. The number of carbonyl (C=O) groups is 1. The first-order valence-corrected chi connectivity index (χ1v) is 8.62.